The molecule has 0 saturated carbocycles. The summed E-state index contributed by atoms with van der Waals surface area (Å²) in [7, 11) is 1.63. The van der Waals surface area contributed by atoms with Gasteiger partial charge in [-0.2, -0.15) is 0 Å². The molecule has 0 radical (unpaired) electrons. The third-order valence-corrected chi connectivity index (χ3v) is 3.11. The first-order valence-corrected chi connectivity index (χ1v) is 7.61. The van der Waals surface area contributed by atoms with Crippen LogP contribution in [0.5, 0.6) is 5.75 Å². The zero-order chi connectivity index (χ0) is 15.7. The van der Waals surface area contributed by atoms with Crippen molar-refractivity contribution in [3.05, 3.63) is 29.3 Å². The van der Waals surface area contributed by atoms with Gasteiger partial charge in [-0.3, -0.25) is 4.79 Å². The fourth-order valence-corrected chi connectivity index (χ4v) is 1.86. The second-order valence-corrected chi connectivity index (χ2v) is 5.54. The maximum Gasteiger partial charge on any atom is 0.251 e. The van der Waals surface area contributed by atoms with E-state index < -0.39 is 0 Å². The summed E-state index contributed by atoms with van der Waals surface area (Å²) in [5, 5.41) is 2.92. The lowest BCUT2D eigenvalue weighted by Crippen LogP contribution is -2.27. The Balaban J connectivity index is 2.71. The Bertz CT molecular complexity index is 444. The molecule has 0 unspecified atom stereocenters. The van der Waals surface area contributed by atoms with Gasteiger partial charge in [-0.25, -0.2) is 0 Å². The summed E-state index contributed by atoms with van der Waals surface area (Å²) in [6.45, 7) is 8.14. The molecule has 1 amide bonds. The molecule has 0 aliphatic rings. The lowest BCUT2D eigenvalue weighted by atomic mass is 10.1. The number of methoxy groups -OCH3 is 1. The lowest BCUT2D eigenvalue weighted by molar-refractivity contribution is 0.0948. The highest BCUT2D eigenvalue weighted by Crippen LogP contribution is 2.21. The van der Waals surface area contributed by atoms with E-state index in [0.29, 0.717) is 24.6 Å². The molecule has 0 atom stereocenters. The second kappa shape index (κ2) is 9.40. The Labute approximate surface area is 127 Å². The monoisotopic (exact) mass is 293 g/mol. The number of benzene rings is 1. The molecule has 0 spiro atoms. The largest absolute Gasteiger partial charge is 0.496 e. The van der Waals surface area contributed by atoms with Crippen LogP contribution in [0.1, 0.15) is 49.5 Å². The van der Waals surface area contributed by atoms with Crippen molar-refractivity contribution in [3.8, 4) is 5.75 Å². The minimum atomic E-state index is -0.0545. The van der Waals surface area contributed by atoms with Gasteiger partial charge in [0.2, 0.25) is 0 Å². The molecule has 0 aliphatic heterocycles. The predicted molar refractivity (Wildman–Crippen MR) is 84.7 cm³/mol. The first kappa shape index (κ1) is 17.5. The number of carbonyl (C=O) groups is 1. The van der Waals surface area contributed by atoms with Crippen LogP contribution in [0.4, 0.5) is 0 Å². The van der Waals surface area contributed by atoms with Gasteiger partial charge in [0, 0.05) is 24.3 Å². The van der Waals surface area contributed by atoms with Gasteiger partial charge in [-0.05, 0) is 30.5 Å². The molecular formula is C17H27NO3. The van der Waals surface area contributed by atoms with E-state index in [4.69, 9.17) is 9.47 Å². The van der Waals surface area contributed by atoms with Crippen LogP contribution in [0, 0.1) is 5.92 Å². The Morgan fingerprint density at radius 3 is 2.71 bits per heavy atom. The van der Waals surface area contributed by atoms with Crippen LogP contribution in [-0.2, 0) is 11.3 Å². The Morgan fingerprint density at radius 1 is 1.33 bits per heavy atom. The van der Waals surface area contributed by atoms with Crippen molar-refractivity contribution in [3.63, 3.8) is 0 Å². The van der Waals surface area contributed by atoms with Crippen molar-refractivity contribution in [1.29, 1.82) is 0 Å². The van der Waals surface area contributed by atoms with E-state index in [-0.39, 0.29) is 5.91 Å². The van der Waals surface area contributed by atoms with Crippen LogP contribution in [0.15, 0.2) is 18.2 Å². The molecule has 0 saturated heterocycles. The van der Waals surface area contributed by atoms with E-state index in [1.54, 1.807) is 13.2 Å². The third-order valence-electron chi connectivity index (χ3n) is 3.11. The quantitative estimate of drug-likeness (QED) is 0.710. The highest BCUT2D eigenvalue weighted by atomic mass is 16.5. The van der Waals surface area contributed by atoms with Crippen molar-refractivity contribution < 1.29 is 14.3 Å². The summed E-state index contributed by atoms with van der Waals surface area (Å²) in [6.07, 6.45) is 2.14. The number of amides is 1. The SMILES string of the molecule is CCCCOCc1cc(C(=O)NCC(C)C)ccc1OC. The minimum absolute atomic E-state index is 0.0545. The summed E-state index contributed by atoms with van der Waals surface area (Å²) in [6, 6.07) is 5.45. The van der Waals surface area contributed by atoms with E-state index in [2.05, 4.69) is 26.1 Å². The molecule has 1 aromatic carbocycles. The first-order chi connectivity index (χ1) is 10.1. The molecule has 0 heterocycles. The number of hydrogen-bond donors (Lipinski definition) is 1. The number of hydrogen-bond acceptors (Lipinski definition) is 3. The third kappa shape index (κ3) is 6.17. The van der Waals surface area contributed by atoms with Crippen LogP contribution in [0.25, 0.3) is 0 Å². The van der Waals surface area contributed by atoms with E-state index in [0.717, 1.165) is 30.8 Å². The van der Waals surface area contributed by atoms with E-state index >= 15 is 0 Å². The van der Waals surface area contributed by atoms with Crippen molar-refractivity contribution >= 4 is 5.91 Å². The molecule has 0 aromatic heterocycles. The highest BCUT2D eigenvalue weighted by molar-refractivity contribution is 5.94. The fraction of sp³-hybridized carbons (Fsp3) is 0.588. The Morgan fingerprint density at radius 2 is 2.10 bits per heavy atom. The molecule has 0 bridgehead atoms. The van der Waals surface area contributed by atoms with E-state index in [1.807, 2.05) is 12.1 Å². The van der Waals surface area contributed by atoms with Crippen LogP contribution in [-0.4, -0.2) is 26.2 Å². The minimum Gasteiger partial charge on any atom is -0.496 e. The van der Waals surface area contributed by atoms with Crippen molar-refractivity contribution in [1.82, 2.24) is 5.32 Å². The van der Waals surface area contributed by atoms with E-state index in [1.165, 1.54) is 0 Å². The Hall–Kier alpha value is -1.55. The molecule has 1 aromatic rings. The van der Waals surface area contributed by atoms with Gasteiger partial charge in [0.25, 0.3) is 5.91 Å². The summed E-state index contributed by atoms with van der Waals surface area (Å²) >= 11 is 0. The molecule has 4 nitrogen and oxygen atoms in total. The Kier molecular flexibility index (Phi) is 7.83. The number of nitrogens with one attached hydrogen (secondary N) is 1. The highest BCUT2D eigenvalue weighted by Gasteiger charge is 2.10. The van der Waals surface area contributed by atoms with Gasteiger partial charge in [0.15, 0.2) is 0 Å². The lowest BCUT2D eigenvalue weighted by Gasteiger charge is -2.12. The molecule has 0 fully saturated rings. The van der Waals surface area contributed by atoms with Crippen LogP contribution in [0.3, 0.4) is 0 Å². The predicted octanol–water partition coefficient (Wildman–Crippen LogP) is 3.40. The number of unbranched alkanes of at least 4 members (excludes halogenated alkanes) is 1. The summed E-state index contributed by atoms with van der Waals surface area (Å²) < 4.78 is 10.9. The van der Waals surface area contributed by atoms with Crippen molar-refractivity contribution in [2.24, 2.45) is 5.92 Å². The van der Waals surface area contributed by atoms with Crippen LogP contribution >= 0.6 is 0 Å². The molecule has 21 heavy (non-hydrogen) atoms. The van der Waals surface area contributed by atoms with Crippen molar-refractivity contribution in [2.45, 2.75) is 40.2 Å². The van der Waals surface area contributed by atoms with Crippen LogP contribution in [0.2, 0.25) is 0 Å². The van der Waals surface area contributed by atoms with Gasteiger partial charge in [0.05, 0.1) is 13.7 Å². The molecule has 0 aliphatic carbocycles. The zero-order valence-corrected chi connectivity index (χ0v) is 13.6. The molecule has 1 N–H and O–H groups in total. The summed E-state index contributed by atoms with van der Waals surface area (Å²) in [4.78, 5) is 12.1. The van der Waals surface area contributed by atoms with Gasteiger partial charge in [0.1, 0.15) is 5.75 Å². The average Bonchev–Trinajstić information content (AvgIpc) is 2.49. The number of carbonyl (C=O) groups excluding carboxylic acids is 1. The summed E-state index contributed by atoms with van der Waals surface area (Å²) in [5.74, 6) is 1.14. The first-order valence-electron chi connectivity index (χ1n) is 7.61. The summed E-state index contributed by atoms with van der Waals surface area (Å²) in [5.41, 5.74) is 1.55. The molecule has 118 valence electrons. The maximum absolute atomic E-state index is 12.1. The molecule has 4 heteroatoms. The number of rotatable bonds is 9. The average molecular weight is 293 g/mol. The maximum atomic E-state index is 12.1. The fourth-order valence-electron chi connectivity index (χ4n) is 1.86. The second-order valence-electron chi connectivity index (χ2n) is 5.54. The van der Waals surface area contributed by atoms with Gasteiger partial charge < -0.3 is 14.8 Å². The molecule has 1 rings (SSSR count). The normalized spacial score (nSPS) is 10.7. The smallest absolute Gasteiger partial charge is 0.251 e. The van der Waals surface area contributed by atoms with Gasteiger partial charge in [-0.1, -0.05) is 27.2 Å². The standard InChI is InChI=1S/C17H27NO3/c1-5-6-9-21-12-15-10-14(7-8-16(15)20-4)17(19)18-11-13(2)3/h7-8,10,13H,5-6,9,11-12H2,1-4H3,(H,18,19). The number of ether oxygens (including phenoxy) is 2. The van der Waals surface area contributed by atoms with Crippen molar-refractivity contribution in [2.75, 3.05) is 20.3 Å². The van der Waals surface area contributed by atoms with Crippen LogP contribution < -0.4 is 10.1 Å². The topological polar surface area (TPSA) is 47.6 Å². The zero-order valence-electron chi connectivity index (χ0n) is 13.6. The molecular weight excluding hydrogens is 266 g/mol. The van der Waals surface area contributed by atoms with Gasteiger partial charge in [-0.15, -0.1) is 0 Å². The van der Waals surface area contributed by atoms with E-state index in [9.17, 15) is 4.79 Å². The van der Waals surface area contributed by atoms with Gasteiger partial charge >= 0.3 is 0 Å².